The van der Waals surface area contributed by atoms with Gasteiger partial charge in [0.25, 0.3) is 0 Å². The van der Waals surface area contributed by atoms with Crippen LogP contribution in [0.2, 0.25) is 5.02 Å². The van der Waals surface area contributed by atoms with Crippen LogP contribution < -0.4 is 10.6 Å². The Labute approximate surface area is 140 Å². The van der Waals surface area contributed by atoms with E-state index in [0.717, 1.165) is 30.7 Å². The molecule has 2 N–H and O–H groups in total. The van der Waals surface area contributed by atoms with Crippen LogP contribution in [-0.4, -0.2) is 27.3 Å². The molecule has 1 aliphatic carbocycles. The summed E-state index contributed by atoms with van der Waals surface area (Å²) in [6, 6.07) is 5.77. The summed E-state index contributed by atoms with van der Waals surface area (Å²) in [5.41, 5.74) is 2.40. The second-order valence-electron chi connectivity index (χ2n) is 5.77. The van der Waals surface area contributed by atoms with Crippen LogP contribution in [0.5, 0.6) is 0 Å². The normalized spacial score (nSPS) is 16.7. The van der Waals surface area contributed by atoms with Crippen molar-refractivity contribution in [2.75, 3.05) is 6.54 Å². The van der Waals surface area contributed by atoms with Crippen LogP contribution in [-0.2, 0) is 19.9 Å². The quantitative estimate of drug-likeness (QED) is 0.902. The van der Waals surface area contributed by atoms with Crippen LogP contribution >= 0.6 is 11.6 Å². The van der Waals surface area contributed by atoms with E-state index in [9.17, 15) is 4.79 Å². The molecule has 0 bridgehead atoms. The molecule has 0 spiro atoms. The fourth-order valence-electron chi connectivity index (χ4n) is 2.92. The van der Waals surface area contributed by atoms with Gasteiger partial charge in [0, 0.05) is 25.0 Å². The molecule has 1 heterocycles. The van der Waals surface area contributed by atoms with Gasteiger partial charge in [-0.05, 0) is 42.5 Å². The fourth-order valence-corrected chi connectivity index (χ4v) is 3.10. The highest BCUT2D eigenvalue weighted by atomic mass is 35.5. The number of nitrogens with one attached hydrogen (secondary N) is 2. The Bertz CT molecular complexity index is 700. The first-order valence-electron chi connectivity index (χ1n) is 7.79. The number of nitrogens with zero attached hydrogens (tertiary/aromatic N) is 3. The first kappa shape index (κ1) is 15.8. The van der Waals surface area contributed by atoms with Crippen LogP contribution in [0.3, 0.4) is 0 Å². The number of benzene rings is 1. The Balaban J connectivity index is 1.53. The maximum atomic E-state index is 12.1. The zero-order valence-corrected chi connectivity index (χ0v) is 13.8. The van der Waals surface area contributed by atoms with E-state index >= 15 is 0 Å². The van der Waals surface area contributed by atoms with Crippen molar-refractivity contribution in [1.82, 2.24) is 25.4 Å². The molecule has 1 aromatic heterocycles. The van der Waals surface area contributed by atoms with Crippen molar-refractivity contribution in [3.8, 4) is 0 Å². The Morgan fingerprint density at radius 2 is 2.35 bits per heavy atom. The number of carbonyl (C=O) groups excluding carboxylic acids is 1. The number of hydrogen-bond acceptors (Lipinski definition) is 3. The van der Waals surface area contributed by atoms with Gasteiger partial charge in [0.05, 0.1) is 6.04 Å². The van der Waals surface area contributed by atoms with Crippen molar-refractivity contribution < 1.29 is 4.79 Å². The molecule has 3 rings (SSSR count). The topological polar surface area (TPSA) is 71.8 Å². The minimum atomic E-state index is -0.168. The number of urea groups is 1. The number of hydrogen-bond donors (Lipinski definition) is 2. The lowest BCUT2D eigenvalue weighted by Gasteiger charge is -2.26. The maximum Gasteiger partial charge on any atom is 0.315 e. The van der Waals surface area contributed by atoms with Crippen molar-refractivity contribution in [3.63, 3.8) is 0 Å². The molecule has 1 atom stereocenters. The average molecular weight is 334 g/mol. The third-order valence-corrected chi connectivity index (χ3v) is 4.24. The summed E-state index contributed by atoms with van der Waals surface area (Å²) in [5.74, 6) is 0.725. The lowest BCUT2D eigenvalue weighted by Crippen LogP contribution is -2.40. The zero-order chi connectivity index (χ0) is 16.2. The summed E-state index contributed by atoms with van der Waals surface area (Å²) < 4.78 is 1.65. The standard InChI is InChI=1S/C16H20ClN5O/c1-22-10-19-15(21-22)7-8-18-16(23)20-14-4-2-3-11-5-6-12(17)9-13(11)14/h5-6,9-10,14H,2-4,7-8H2,1H3,(H2,18,20,23)/t14-/m1/s1. The van der Waals surface area contributed by atoms with Gasteiger partial charge in [-0.2, -0.15) is 5.10 Å². The Morgan fingerprint density at radius 3 is 3.13 bits per heavy atom. The van der Waals surface area contributed by atoms with Gasteiger partial charge in [-0.25, -0.2) is 9.78 Å². The first-order chi connectivity index (χ1) is 11.1. The molecular weight excluding hydrogens is 314 g/mol. The van der Waals surface area contributed by atoms with E-state index in [4.69, 9.17) is 11.6 Å². The van der Waals surface area contributed by atoms with Gasteiger partial charge in [0.15, 0.2) is 5.82 Å². The van der Waals surface area contributed by atoms with Gasteiger partial charge in [0.1, 0.15) is 6.33 Å². The monoisotopic (exact) mass is 333 g/mol. The van der Waals surface area contributed by atoms with Gasteiger partial charge in [-0.15, -0.1) is 0 Å². The summed E-state index contributed by atoms with van der Waals surface area (Å²) in [6.07, 6.45) is 5.30. The predicted octanol–water partition coefficient (Wildman–Crippen LogP) is 2.39. The molecule has 122 valence electrons. The summed E-state index contributed by atoms with van der Waals surface area (Å²) in [4.78, 5) is 16.2. The van der Waals surface area contributed by atoms with Gasteiger partial charge < -0.3 is 10.6 Å². The van der Waals surface area contributed by atoms with Gasteiger partial charge in [0.2, 0.25) is 0 Å². The SMILES string of the molecule is Cn1cnc(CCNC(=O)N[C@@H]2CCCc3ccc(Cl)cc32)n1. The van der Waals surface area contributed by atoms with E-state index in [1.165, 1.54) is 5.56 Å². The van der Waals surface area contributed by atoms with Gasteiger partial charge >= 0.3 is 6.03 Å². The number of fused-ring (bicyclic) bond motifs is 1. The number of carbonyl (C=O) groups is 1. The first-order valence-corrected chi connectivity index (χ1v) is 8.17. The maximum absolute atomic E-state index is 12.1. The minimum absolute atomic E-state index is 0.0189. The number of amides is 2. The summed E-state index contributed by atoms with van der Waals surface area (Å²) in [6.45, 7) is 0.505. The van der Waals surface area contributed by atoms with Crippen LogP contribution in [0.15, 0.2) is 24.5 Å². The lowest BCUT2D eigenvalue weighted by atomic mass is 9.88. The van der Waals surface area contributed by atoms with E-state index in [2.05, 4.69) is 26.8 Å². The molecule has 2 amide bonds. The highest BCUT2D eigenvalue weighted by molar-refractivity contribution is 6.30. The highest BCUT2D eigenvalue weighted by Gasteiger charge is 2.21. The van der Waals surface area contributed by atoms with Crippen LogP contribution in [0, 0.1) is 0 Å². The molecule has 1 aromatic carbocycles. The smallest absolute Gasteiger partial charge is 0.315 e. The summed E-state index contributed by atoms with van der Waals surface area (Å²) in [7, 11) is 1.82. The molecule has 0 aliphatic heterocycles. The minimum Gasteiger partial charge on any atom is -0.338 e. The zero-order valence-electron chi connectivity index (χ0n) is 13.1. The van der Waals surface area contributed by atoms with Crippen molar-refractivity contribution >= 4 is 17.6 Å². The molecular formula is C16H20ClN5O. The van der Waals surface area contributed by atoms with Crippen molar-refractivity contribution in [2.24, 2.45) is 7.05 Å². The van der Waals surface area contributed by atoms with E-state index < -0.39 is 0 Å². The fraction of sp³-hybridized carbons (Fsp3) is 0.438. The van der Waals surface area contributed by atoms with E-state index in [0.29, 0.717) is 18.0 Å². The summed E-state index contributed by atoms with van der Waals surface area (Å²) in [5, 5.41) is 10.8. The molecule has 2 aromatic rings. The molecule has 0 saturated heterocycles. The molecule has 0 unspecified atom stereocenters. The van der Waals surface area contributed by atoms with E-state index in [1.807, 2.05) is 19.2 Å². The van der Waals surface area contributed by atoms with Crippen molar-refractivity contribution in [2.45, 2.75) is 31.7 Å². The molecule has 0 saturated carbocycles. The lowest BCUT2D eigenvalue weighted by molar-refractivity contribution is 0.235. The van der Waals surface area contributed by atoms with E-state index in [1.54, 1.807) is 11.0 Å². The largest absolute Gasteiger partial charge is 0.338 e. The van der Waals surface area contributed by atoms with Crippen LogP contribution in [0.25, 0.3) is 0 Å². The predicted molar refractivity (Wildman–Crippen MR) is 88.4 cm³/mol. The molecule has 1 aliphatic rings. The Hall–Kier alpha value is -2.08. The molecule has 6 nitrogen and oxygen atoms in total. The summed E-state index contributed by atoms with van der Waals surface area (Å²) >= 11 is 6.09. The molecule has 7 heteroatoms. The number of aromatic nitrogens is 3. The second-order valence-corrected chi connectivity index (χ2v) is 6.21. The van der Waals surface area contributed by atoms with Crippen LogP contribution in [0.4, 0.5) is 4.79 Å². The van der Waals surface area contributed by atoms with Crippen molar-refractivity contribution in [1.29, 1.82) is 0 Å². The molecule has 23 heavy (non-hydrogen) atoms. The second kappa shape index (κ2) is 7.00. The third kappa shape index (κ3) is 4.01. The van der Waals surface area contributed by atoms with E-state index in [-0.39, 0.29) is 12.1 Å². The average Bonchev–Trinajstić information content (AvgIpc) is 2.93. The highest BCUT2D eigenvalue weighted by Crippen LogP contribution is 2.31. The van der Waals surface area contributed by atoms with Gasteiger partial charge in [-0.1, -0.05) is 17.7 Å². The third-order valence-electron chi connectivity index (χ3n) is 4.01. The Morgan fingerprint density at radius 1 is 1.48 bits per heavy atom. The number of halogens is 1. The van der Waals surface area contributed by atoms with Gasteiger partial charge in [-0.3, -0.25) is 4.68 Å². The van der Waals surface area contributed by atoms with Crippen LogP contribution in [0.1, 0.15) is 35.8 Å². The number of rotatable bonds is 4. The molecule has 0 radical (unpaired) electrons. The van der Waals surface area contributed by atoms with Crippen molar-refractivity contribution in [3.05, 3.63) is 46.5 Å². The number of aryl methyl sites for hydroxylation is 2. The molecule has 0 fully saturated rings. The Kier molecular flexibility index (Phi) is 4.81.